The van der Waals surface area contributed by atoms with Gasteiger partial charge in [0.15, 0.2) is 0 Å². The Kier molecular flexibility index (Phi) is 7.10. The molecule has 1 saturated heterocycles. The maximum atomic E-state index is 13.0. The molecule has 2 aromatic rings. The summed E-state index contributed by atoms with van der Waals surface area (Å²) in [6.07, 6.45) is 0. The smallest absolute Gasteiger partial charge is 0.295 e. The summed E-state index contributed by atoms with van der Waals surface area (Å²) in [6.45, 7) is 0.328. The predicted molar refractivity (Wildman–Crippen MR) is 117 cm³/mol. The molecule has 1 fully saturated rings. The van der Waals surface area contributed by atoms with Crippen LogP contribution in [0.5, 0.6) is 11.5 Å². The van der Waals surface area contributed by atoms with Crippen molar-refractivity contribution < 1.29 is 28.9 Å². The Labute approximate surface area is 189 Å². The van der Waals surface area contributed by atoms with Gasteiger partial charge in [-0.05, 0) is 29.8 Å². The SMILES string of the molecule is COCCN1C(=O)C(=O)/C(=C(/O)c2c(OC)cccc2OC)C1c1ccc(Cl)c(Cl)c1. The van der Waals surface area contributed by atoms with E-state index in [0.717, 1.165) is 0 Å². The molecule has 0 aliphatic carbocycles. The number of rotatable bonds is 7. The van der Waals surface area contributed by atoms with Crippen molar-refractivity contribution in [1.82, 2.24) is 4.90 Å². The lowest BCUT2D eigenvalue weighted by Crippen LogP contribution is -2.32. The monoisotopic (exact) mass is 465 g/mol. The molecule has 164 valence electrons. The number of aliphatic hydroxyl groups excluding tert-OH is 1. The van der Waals surface area contributed by atoms with Crippen molar-refractivity contribution in [2.45, 2.75) is 6.04 Å². The molecule has 0 aromatic heterocycles. The second-order valence-corrected chi connectivity index (χ2v) is 7.51. The molecule has 1 aliphatic heterocycles. The predicted octanol–water partition coefficient (Wildman–Crippen LogP) is 4.08. The number of methoxy groups -OCH3 is 3. The minimum Gasteiger partial charge on any atom is -0.506 e. The largest absolute Gasteiger partial charge is 0.506 e. The summed E-state index contributed by atoms with van der Waals surface area (Å²) in [4.78, 5) is 27.2. The minimum atomic E-state index is -0.903. The fourth-order valence-electron chi connectivity index (χ4n) is 3.55. The van der Waals surface area contributed by atoms with Crippen LogP contribution in [0.3, 0.4) is 0 Å². The van der Waals surface area contributed by atoms with Crippen LogP contribution in [-0.4, -0.2) is 56.2 Å². The Morgan fingerprint density at radius 2 is 1.68 bits per heavy atom. The standard InChI is InChI=1S/C22H21Cl2NO6/c1-29-10-9-25-19(12-7-8-13(23)14(24)11-12)18(21(27)22(25)28)20(26)17-15(30-2)5-4-6-16(17)31-3/h4-8,11,19,26H,9-10H2,1-3H3/b20-18+. The van der Waals surface area contributed by atoms with Gasteiger partial charge in [-0.25, -0.2) is 0 Å². The molecule has 9 heteroatoms. The van der Waals surface area contributed by atoms with Crippen molar-refractivity contribution >= 4 is 40.7 Å². The number of hydrogen-bond donors (Lipinski definition) is 1. The molecule has 1 atom stereocenters. The van der Waals surface area contributed by atoms with Gasteiger partial charge in [0, 0.05) is 13.7 Å². The Hall–Kier alpha value is -2.74. The molecule has 0 saturated carbocycles. The normalized spacial score (nSPS) is 17.8. The first-order chi connectivity index (χ1) is 14.8. The van der Waals surface area contributed by atoms with E-state index in [1.807, 2.05) is 0 Å². The van der Waals surface area contributed by atoms with Gasteiger partial charge in [0.25, 0.3) is 11.7 Å². The first kappa shape index (κ1) is 22.9. The average Bonchev–Trinajstić information content (AvgIpc) is 3.03. The molecular weight excluding hydrogens is 445 g/mol. The molecule has 2 aromatic carbocycles. The first-order valence-corrected chi connectivity index (χ1v) is 10.0. The van der Waals surface area contributed by atoms with Gasteiger partial charge in [-0.3, -0.25) is 9.59 Å². The van der Waals surface area contributed by atoms with Crippen LogP contribution in [-0.2, 0) is 14.3 Å². The van der Waals surface area contributed by atoms with Crippen molar-refractivity contribution in [2.75, 3.05) is 34.5 Å². The number of likely N-dealkylation sites (tertiary alicyclic amines) is 1. The number of ether oxygens (including phenoxy) is 3. The molecule has 3 rings (SSSR count). The molecule has 31 heavy (non-hydrogen) atoms. The van der Waals surface area contributed by atoms with Gasteiger partial charge in [-0.2, -0.15) is 0 Å². The number of aliphatic hydroxyl groups is 1. The quantitative estimate of drug-likeness (QED) is 0.376. The van der Waals surface area contributed by atoms with E-state index in [-0.39, 0.29) is 40.8 Å². The van der Waals surface area contributed by atoms with Gasteiger partial charge in [0.2, 0.25) is 0 Å². The minimum absolute atomic E-state index is 0.109. The summed E-state index contributed by atoms with van der Waals surface area (Å²) < 4.78 is 15.8. The van der Waals surface area contributed by atoms with Crippen LogP contribution in [0, 0.1) is 0 Å². The molecule has 1 N–H and O–H groups in total. The molecule has 7 nitrogen and oxygen atoms in total. The van der Waals surface area contributed by atoms with Crippen molar-refractivity contribution in [3.8, 4) is 11.5 Å². The fraction of sp³-hybridized carbons (Fsp3) is 0.273. The van der Waals surface area contributed by atoms with Gasteiger partial charge in [0.05, 0.1) is 42.5 Å². The number of nitrogens with zero attached hydrogens (tertiary/aromatic N) is 1. The van der Waals surface area contributed by atoms with Crippen molar-refractivity contribution in [3.05, 3.63) is 63.1 Å². The van der Waals surface area contributed by atoms with E-state index in [2.05, 4.69) is 0 Å². The molecule has 1 aliphatic rings. The third kappa shape index (κ3) is 4.21. The highest BCUT2D eigenvalue weighted by atomic mass is 35.5. The van der Waals surface area contributed by atoms with Crippen molar-refractivity contribution in [1.29, 1.82) is 0 Å². The number of benzene rings is 2. The van der Waals surface area contributed by atoms with Gasteiger partial charge in [0.1, 0.15) is 22.8 Å². The summed E-state index contributed by atoms with van der Waals surface area (Å²) in [5.41, 5.74) is 0.574. The van der Waals surface area contributed by atoms with E-state index < -0.39 is 23.5 Å². The Bertz CT molecular complexity index is 1030. The molecule has 1 unspecified atom stereocenters. The van der Waals surface area contributed by atoms with E-state index in [1.54, 1.807) is 36.4 Å². The van der Waals surface area contributed by atoms with Crippen molar-refractivity contribution in [2.24, 2.45) is 0 Å². The highest BCUT2D eigenvalue weighted by Crippen LogP contribution is 2.44. The maximum absolute atomic E-state index is 13.0. The fourth-order valence-corrected chi connectivity index (χ4v) is 3.86. The summed E-state index contributed by atoms with van der Waals surface area (Å²) in [5.74, 6) is -1.44. The second-order valence-electron chi connectivity index (χ2n) is 6.70. The molecule has 0 spiro atoms. The van der Waals surface area contributed by atoms with Crippen LogP contribution >= 0.6 is 23.2 Å². The Balaban J connectivity index is 2.28. The van der Waals surface area contributed by atoms with Crippen molar-refractivity contribution in [3.63, 3.8) is 0 Å². The van der Waals surface area contributed by atoms with Gasteiger partial charge >= 0.3 is 0 Å². The summed E-state index contributed by atoms with van der Waals surface area (Å²) in [7, 11) is 4.35. The maximum Gasteiger partial charge on any atom is 0.295 e. The number of ketones is 1. The van der Waals surface area contributed by atoms with E-state index in [0.29, 0.717) is 10.6 Å². The van der Waals surface area contributed by atoms with Gasteiger partial charge in [-0.15, -0.1) is 0 Å². The average molecular weight is 466 g/mol. The Morgan fingerprint density at radius 1 is 1.03 bits per heavy atom. The number of carbonyl (C=O) groups is 2. The molecule has 1 heterocycles. The van der Waals surface area contributed by atoms with Crippen LogP contribution in [0.4, 0.5) is 0 Å². The topological polar surface area (TPSA) is 85.3 Å². The zero-order valence-electron chi connectivity index (χ0n) is 17.1. The molecule has 1 amide bonds. The molecule has 0 bridgehead atoms. The Morgan fingerprint density at radius 3 is 2.23 bits per heavy atom. The number of carbonyl (C=O) groups excluding carboxylic acids is 2. The van der Waals surface area contributed by atoms with Crippen LogP contribution in [0.25, 0.3) is 5.76 Å². The summed E-state index contributed by atoms with van der Waals surface area (Å²) in [5, 5.41) is 11.8. The summed E-state index contributed by atoms with van der Waals surface area (Å²) in [6, 6.07) is 8.80. The van der Waals surface area contributed by atoms with Gasteiger partial charge < -0.3 is 24.2 Å². The van der Waals surface area contributed by atoms with E-state index in [9.17, 15) is 14.7 Å². The third-order valence-corrected chi connectivity index (χ3v) is 5.74. The number of halogens is 2. The zero-order chi connectivity index (χ0) is 22.7. The van der Waals surface area contributed by atoms with E-state index >= 15 is 0 Å². The van der Waals surface area contributed by atoms with Crippen LogP contribution in [0.1, 0.15) is 17.2 Å². The van der Waals surface area contributed by atoms with E-state index in [1.165, 1.54) is 26.2 Å². The highest BCUT2D eigenvalue weighted by Gasteiger charge is 2.46. The second kappa shape index (κ2) is 9.60. The first-order valence-electron chi connectivity index (χ1n) is 9.29. The number of Topliss-reactive ketones (excluding diaryl/α,β-unsaturated/α-hetero) is 1. The summed E-state index contributed by atoms with van der Waals surface area (Å²) >= 11 is 12.2. The van der Waals surface area contributed by atoms with Gasteiger partial charge in [-0.1, -0.05) is 35.3 Å². The van der Waals surface area contributed by atoms with E-state index in [4.69, 9.17) is 37.4 Å². The molecular formula is C22H21Cl2NO6. The lowest BCUT2D eigenvalue weighted by Gasteiger charge is -2.25. The third-order valence-electron chi connectivity index (χ3n) is 5.00. The van der Waals surface area contributed by atoms with Crippen LogP contribution in [0.2, 0.25) is 10.0 Å². The number of amides is 1. The van der Waals surface area contributed by atoms with Crippen LogP contribution in [0.15, 0.2) is 42.0 Å². The number of hydrogen-bond acceptors (Lipinski definition) is 6. The lowest BCUT2D eigenvalue weighted by molar-refractivity contribution is -0.140. The van der Waals surface area contributed by atoms with Crippen LogP contribution < -0.4 is 9.47 Å². The highest BCUT2D eigenvalue weighted by molar-refractivity contribution is 6.47. The molecule has 0 radical (unpaired) electrons. The zero-order valence-corrected chi connectivity index (χ0v) is 18.7. The lowest BCUT2D eigenvalue weighted by atomic mass is 9.94.